The van der Waals surface area contributed by atoms with Crippen LogP contribution in [-0.4, -0.2) is 11.6 Å². The second-order valence-corrected chi connectivity index (χ2v) is 5.12. The molecule has 2 aromatic rings. The molecule has 4 rings (SSSR count). The van der Waals surface area contributed by atoms with Crippen molar-refractivity contribution < 1.29 is 9.15 Å². The monoisotopic (exact) mass is 293 g/mol. The Hall–Kier alpha value is -2.55. The lowest BCUT2D eigenvalue weighted by atomic mass is 10.1. The van der Waals surface area contributed by atoms with Gasteiger partial charge in [0.1, 0.15) is 12.0 Å². The van der Waals surface area contributed by atoms with Gasteiger partial charge >= 0.3 is 0 Å². The Bertz CT molecular complexity index is 795. The molecule has 3 heteroatoms. The van der Waals surface area contributed by atoms with Gasteiger partial charge in [0, 0.05) is 10.8 Å². The maximum atomic E-state index is 5.50. The van der Waals surface area contributed by atoms with Crippen molar-refractivity contribution in [2.75, 3.05) is 6.61 Å². The molecular weight excluding hydrogens is 274 g/mol. The van der Waals surface area contributed by atoms with Crippen molar-refractivity contribution >= 4 is 0 Å². The number of hydrogen-bond acceptors (Lipinski definition) is 3. The largest absolute Gasteiger partial charge is 0.493 e. The standard InChI is InChI=1S/C10H12O.C9H7NO/c1-2-3-6-11-10-7-8-4-5-9(8)10;1-2-4-8(5-3-1)9-10-6-7-11-9/h4-5,7H,2-3,6H2,1H3;1-7H. The second kappa shape index (κ2) is 6.94. The van der Waals surface area contributed by atoms with Gasteiger partial charge in [-0.1, -0.05) is 43.7 Å². The number of ether oxygens (including phenoxy) is 1. The highest BCUT2D eigenvalue weighted by Gasteiger charge is 2.05. The van der Waals surface area contributed by atoms with Crippen LogP contribution in [0.5, 0.6) is 5.75 Å². The lowest BCUT2D eigenvalue weighted by Gasteiger charge is -2.12. The van der Waals surface area contributed by atoms with E-state index in [4.69, 9.17) is 9.15 Å². The summed E-state index contributed by atoms with van der Waals surface area (Å²) in [5.41, 5.74) is 1.01. The summed E-state index contributed by atoms with van der Waals surface area (Å²) in [7, 11) is 0. The van der Waals surface area contributed by atoms with Crippen LogP contribution >= 0.6 is 0 Å². The molecule has 0 saturated carbocycles. The molecule has 112 valence electrons. The van der Waals surface area contributed by atoms with Crippen molar-refractivity contribution in [3.05, 3.63) is 71.4 Å². The smallest absolute Gasteiger partial charge is 0.225 e. The molecule has 1 heterocycles. The maximum absolute atomic E-state index is 5.50. The van der Waals surface area contributed by atoms with Gasteiger partial charge < -0.3 is 9.15 Å². The number of hydrogen-bond donors (Lipinski definition) is 0. The average Bonchev–Trinajstić information content (AvgIpc) is 3.08. The molecule has 0 N–H and O–H groups in total. The van der Waals surface area contributed by atoms with Crippen LogP contribution in [0.4, 0.5) is 0 Å². The topological polar surface area (TPSA) is 35.3 Å². The number of aromatic nitrogens is 1. The minimum absolute atomic E-state index is 0.672. The van der Waals surface area contributed by atoms with E-state index in [1.54, 1.807) is 12.5 Å². The van der Waals surface area contributed by atoms with Gasteiger partial charge in [0.15, 0.2) is 0 Å². The zero-order valence-electron chi connectivity index (χ0n) is 12.7. The van der Waals surface area contributed by atoms with Crippen LogP contribution in [0.3, 0.4) is 0 Å². The molecular formula is C19H19NO2. The van der Waals surface area contributed by atoms with E-state index in [1.165, 1.54) is 16.9 Å². The van der Waals surface area contributed by atoms with E-state index in [0.717, 1.165) is 24.3 Å². The van der Waals surface area contributed by atoms with Crippen molar-refractivity contribution in [1.82, 2.24) is 4.98 Å². The quantitative estimate of drug-likeness (QED) is 0.495. The molecule has 1 aromatic carbocycles. The Balaban J connectivity index is 0.000000131. The summed E-state index contributed by atoms with van der Waals surface area (Å²) in [4.78, 5) is 4.02. The molecule has 3 nitrogen and oxygen atoms in total. The molecule has 0 spiro atoms. The number of benzene rings is 2. The Morgan fingerprint density at radius 2 is 1.95 bits per heavy atom. The van der Waals surface area contributed by atoms with Crippen molar-refractivity contribution in [3.63, 3.8) is 0 Å². The molecule has 0 atom stereocenters. The Labute approximate surface area is 129 Å². The Kier molecular flexibility index (Phi) is 4.54. The Morgan fingerprint density at radius 1 is 1.09 bits per heavy atom. The van der Waals surface area contributed by atoms with Gasteiger partial charge in [-0.2, -0.15) is 0 Å². The van der Waals surface area contributed by atoms with Crippen molar-refractivity contribution in [2.24, 2.45) is 0 Å². The van der Waals surface area contributed by atoms with E-state index in [2.05, 4.69) is 30.1 Å². The zero-order chi connectivity index (χ0) is 15.2. The van der Waals surface area contributed by atoms with E-state index < -0.39 is 0 Å². The Morgan fingerprint density at radius 3 is 2.50 bits per heavy atom. The third kappa shape index (κ3) is 3.19. The van der Waals surface area contributed by atoms with Gasteiger partial charge in [-0.15, -0.1) is 0 Å². The molecule has 0 saturated heterocycles. The average molecular weight is 293 g/mol. The summed E-state index contributed by atoms with van der Waals surface area (Å²) < 4.78 is 10.6. The van der Waals surface area contributed by atoms with E-state index in [1.807, 2.05) is 30.3 Å². The molecule has 0 radical (unpaired) electrons. The van der Waals surface area contributed by atoms with E-state index in [9.17, 15) is 0 Å². The highest BCUT2D eigenvalue weighted by atomic mass is 16.5. The SMILES string of the molecule is CCCCOc1cc2ccc1=2.c1ccc(-c2ncco2)cc1. The van der Waals surface area contributed by atoms with Gasteiger partial charge in [0.25, 0.3) is 0 Å². The van der Waals surface area contributed by atoms with Crippen molar-refractivity contribution in [2.45, 2.75) is 19.8 Å². The normalized spacial score (nSPS) is 10.6. The first-order valence-corrected chi connectivity index (χ1v) is 7.60. The molecule has 2 aliphatic rings. The summed E-state index contributed by atoms with van der Waals surface area (Å²) in [6.07, 6.45) is 5.57. The lowest BCUT2D eigenvalue weighted by Crippen LogP contribution is -2.01. The highest BCUT2D eigenvalue weighted by molar-refractivity contribution is 5.51. The first-order valence-electron chi connectivity index (χ1n) is 7.60. The molecule has 2 aliphatic carbocycles. The number of unbranched alkanes of at least 4 members (excludes halogenated alkanes) is 1. The minimum Gasteiger partial charge on any atom is -0.493 e. The van der Waals surface area contributed by atoms with E-state index >= 15 is 0 Å². The molecule has 22 heavy (non-hydrogen) atoms. The fourth-order valence-electron chi connectivity index (χ4n) is 2.15. The summed E-state index contributed by atoms with van der Waals surface area (Å²) in [5, 5.41) is 2.68. The fourth-order valence-corrected chi connectivity index (χ4v) is 2.15. The molecule has 0 fully saturated rings. The molecule has 0 unspecified atom stereocenters. The molecule has 1 aromatic heterocycles. The van der Waals surface area contributed by atoms with Crippen LogP contribution in [-0.2, 0) is 0 Å². The maximum Gasteiger partial charge on any atom is 0.225 e. The number of rotatable bonds is 5. The van der Waals surface area contributed by atoms with Gasteiger partial charge in [-0.3, -0.25) is 0 Å². The van der Waals surface area contributed by atoms with Gasteiger partial charge in [0.05, 0.1) is 12.8 Å². The number of nitrogens with zero attached hydrogens (tertiary/aromatic N) is 1. The summed E-state index contributed by atoms with van der Waals surface area (Å²) >= 11 is 0. The first-order chi connectivity index (χ1) is 10.9. The second-order valence-electron chi connectivity index (χ2n) is 5.12. The fraction of sp³-hybridized carbons (Fsp3) is 0.211. The van der Waals surface area contributed by atoms with Crippen LogP contribution in [0.2, 0.25) is 0 Å². The molecule has 0 bridgehead atoms. The third-order valence-electron chi connectivity index (χ3n) is 3.50. The summed E-state index contributed by atoms with van der Waals surface area (Å²) in [6.45, 7) is 3.04. The van der Waals surface area contributed by atoms with Crippen LogP contribution in [0, 0.1) is 10.4 Å². The molecule has 0 aliphatic heterocycles. The minimum atomic E-state index is 0.672. The van der Waals surface area contributed by atoms with Crippen LogP contribution in [0.15, 0.2) is 65.4 Å². The first kappa shape index (κ1) is 14.4. The van der Waals surface area contributed by atoms with Gasteiger partial charge in [0.2, 0.25) is 5.89 Å². The van der Waals surface area contributed by atoms with Crippen molar-refractivity contribution in [1.29, 1.82) is 0 Å². The van der Waals surface area contributed by atoms with Gasteiger partial charge in [-0.05, 0) is 29.8 Å². The predicted octanol–water partition coefficient (Wildman–Crippen LogP) is 4.81. The summed E-state index contributed by atoms with van der Waals surface area (Å²) in [6, 6.07) is 16.1. The molecule has 0 amide bonds. The van der Waals surface area contributed by atoms with Crippen LogP contribution in [0.25, 0.3) is 11.5 Å². The number of oxazole rings is 1. The van der Waals surface area contributed by atoms with Gasteiger partial charge in [-0.25, -0.2) is 4.98 Å². The predicted molar refractivity (Wildman–Crippen MR) is 86.5 cm³/mol. The summed E-state index contributed by atoms with van der Waals surface area (Å²) in [5.74, 6) is 1.77. The van der Waals surface area contributed by atoms with E-state index in [-0.39, 0.29) is 0 Å². The van der Waals surface area contributed by atoms with Crippen molar-refractivity contribution in [3.8, 4) is 17.2 Å². The lowest BCUT2D eigenvalue weighted by molar-refractivity contribution is 0.304. The van der Waals surface area contributed by atoms with E-state index in [0.29, 0.717) is 5.89 Å². The van der Waals surface area contributed by atoms with Crippen LogP contribution < -0.4 is 4.74 Å². The highest BCUT2D eigenvalue weighted by Crippen LogP contribution is 2.23. The zero-order valence-corrected chi connectivity index (χ0v) is 12.7. The third-order valence-corrected chi connectivity index (χ3v) is 3.50. The van der Waals surface area contributed by atoms with Crippen LogP contribution in [0.1, 0.15) is 19.8 Å².